The van der Waals surface area contributed by atoms with E-state index in [0.717, 1.165) is 5.69 Å². The standard InChI is InChI=1S/C18H17N3O3/c1-12(18(22)21-14-4-2-13(11-19)3-5-14)20-15-6-7-16-17(10-15)24-9-8-23-16/h2-7,10,12,20H,8-9H2,1H3,(H,21,22). The van der Waals surface area contributed by atoms with Crippen LogP contribution in [0, 0.1) is 11.3 Å². The Morgan fingerprint density at radius 3 is 2.46 bits per heavy atom. The Morgan fingerprint density at radius 1 is 1.08 bits per heavy atom. The lowest BCUT2D eigenvalue weighted by Crippen LogP contribution is -2.31. The fourth-order valence-corrected chi connectivity index (χ4v) is 2.33. The van der Waals surface area contributed by atoms with Crippen molar-refractivity contribution in [2.45, 2.75) is 13.0 Å². The highest BCUT2D eigenvalue weighted by molar-refractivity contribution is 5.96. The minimum atomic E-state index is -0.441. The maximum Gasteiger partial charge on any atom is 0.246 e. The lowest BCUT2D eigenvalue weighted by Gasteiger charge is -2.20. The molecular weight excluding hydrogens is 306 g/mol. The second kappa shape index (κ2) is 6.92. The molecule has 0 saturated heterocycles. The zero-order valence-electron chi connectivity index (χ0n) is 13.2. The number of hydrogen-bond donors (Lipinski definition) is 2. The Balaban J connectivity index is 1.62. The topological polar surface area (TPSA) is 83.4 Å². The van der Waals surface area contributed by atoms with Crippen LogP contribution in [-0.2, 0) is 4.79 Å². The van der Waals surface area contributed by atoms with Crippen molar-refractivity contribution in [2.75, 3.05) is 23.8 Å². The molecule has 1 heterocycles. The van der Waals surface area contributed by atoms with Crippen molar-refractivity contribution < 1.29 is 14.3 Å². The zero-order chi connectivity index (χ0) is 16.9. The summed E-state index contributed by atoms with van der Waals surface area (Å²) in [6, 6.07) is 13.8. The highest BCUT2D eigenvalue weighted by Gasteiger charge is 2.16. The van der Waals surface area contributed by atoms with Crippen LogP contribution in [0.25, 0.3) is 0 Å². The largest absolute Gasteiger partial charge is 0.486 e. The quantitative estimate of drug-likeness (QED) is 0.904. The Morgan fingerprint density at radius 2 is 1.75 bits per heavy atom. The van der Waals surface area contributed by atoms with Crippen molar-refractivity contribution in [3.8, 4) is 17.6 Å². The third-order valence-corrected chi connectivity index (χ3v) is 3.60. The number of carbonyl (C=O) groups excluding carboxylic acids is 1. The molecule has 0 radical (unpaired) electrons. The predicted octanol–water partition coefficient (Wildman–Crippen LogP) is 2.77. The number of fused-ring (bicyclic) bond motifs is 1. The summed E-state index contributed by atoms with van der Waals surface area (Å²) in [7, 11) is 0. The minimum absolute atomic E-state index is 0.172. The van der Waals surface area contributed by atoms with Crippen LogP contribution in [0.2, 0.25) is 0 Å². The van der Waals surface area contributed by atoms with Gasteiger partial charge in [0.25, 0.3) is 0 Å². The van der Waals surface area contributed by atoms with Gasteiger partial charge in [-0.05, 0) is 43.3 Å². The molecule has 0 saturated carbocycles. The van der Waals surface area contributed by atoms with Crippen molar-refractivity contribution in [1.82, 2.24) is 0 Å². The monoisotopic (exact) mass is 323 g/mol. The first kappa shape index (κ1) is 15.7. The summed E-state index contributed by atoms with van der Waals surface area (Å²) in [5.74, 6) is 1.21. The molecule has 6 nitrogen and oxygen atoms in total. The SMILES string of the molecule is CC(Nc1ccc2c(c1)OCCO2)C(=O)Nc1ccc(C#N)cc1. The molecule has 2 aromatic carbocycles. The first-order valence-corrected chi connectivity index (χ1v) is 7.63. The third-order valence-electron chi connectivity index (χ3n) is 3.60. The zero-order valence-corrected chi connectivity index (χ0v) is 13.2. The van der Waals surface area contributed by atoms with Crippen molar-refractivity contribution in [1.29, 1.82) is 5.26 Å². The first-order chi connectivity index (χ1) is 11.7. The van der Waals surface area contributed by atoms with Gasteiger partial charge < -0.3 is 20.1 Å². The number of carbonyl (C=O) groups is 1. The average molecular weight is 323 g/mol. The second-order valence-electron chi connectivity index (χ2n) is 5.40. The number of hydrogen-bond acceptors (Lipinski definition) is 5. The molecule has 24 heavy (non-hydrogen) atoms. The van der Waals surface area contributed by atoms with E-state index in [2.05, 4.69) is 10.6 Å². The van der Waals surface area contributed by atoms with Gasteiger partial charge in [-0.1, -0.05) is 0 Å². The Bertz CT molecular complexity index is 781. The van der Waals surface area contributed by atoms with Crippen LogP contribution in [0.5, 0.6) is 11.5 Å². The van der Waals surface area contributed by atoms with E-state index in [0.29, 0.717) is 36.0 Å². The van der Waals surface area contributed by atoms with Crippen LogP contribution in [0.1, 0.15) is 12.5 Å². The normalized spacial score (nSPS) is 13.5. The number of rotatable bonds is 4. The molecule has 0 bridgehead atoms. The molecule has 0 fully saturated rings. The van der Waals surface area contributed by atoms with Crippen LogP contribution in [0.3, 0.4) is 0 Å². The number of anilines is 2. The smallest absolute Gasteiger partial charge is 0.246 e. The third kappa shape index (κ3) is 3.58. The molecule has 0 aromatic heterocycles. The van der Waals surface area contributed by atoms with E-state index in [1.54, 1.807) is 31.2 Å². The lowest BCUT2D eigenvalue weighted by molar-refractivity contribution is -0.116. The van der Waals surface area contributed by atoms with Crippen LogP contribution < -0.4 is 20.1 Å². The molecule has 0 spiro atoms. The molecule has 1 amide bonds. The van der Waals surface area contributed by atoms with Gasteiger partial charge in [0.15, 0.2) is 11.5 Å². The van der Waals surface area contributed by atoms with E-state index in [-0.39, 0.29) is 5.91 Å². The van der Waals surface area contributed by atoms with Gasteiger partial charge >= 0.3 is 0 Å². The van der Waals surface area contributed by atoms with Crippen molar-refractivity contribution in [3.05, 3.63) is 48.0 Å². The molecule has 2 aromatic rings. The van der Waals surface area contributed by atoms with Crippen LogP contribution in [0.15, 0.2) is 42.5 Å². The number of amides is 1. The summed E-state index contributed by atoms with van der Waals surface area (Å²) in [5.41, 5.74) is 1.98. The Hall–Kier alpha value is -3.20. The fourth-order valence-electron chi connectivity index (χ4n) is 2.33. The van der Waals surface area contributed by atoms with Crippen molar-refractivity contribution >= 4 is 17.3 Å². The molecule has 1 aliphatic heterocycles. The van der Waals surface area contributed by atoms with Gasteiger partial charge in [0.2, 0.25) is 5.91 Å². The second-order valence-corrected chi connectivity index (χ2v) is 5.40. The van der Waals surface area contributed by atoms with Crippen molar-refractivity contribution in [3.63, 3.8) is 0 Å². The van der Waals surface area contributed by atoms with Gasteiger partial charge in [-0.3, -0.25) is 4.79 Å². The number of nitrogens with zero attached hydrogens (tertiary/aromatic N) is 1. The van der Waals surface area contributed by atoms with Crippen LogP contribution >= 0.6 is 0 Å². The number of benzene rings is 2. The van der Waals surface area contributed by atoms with Gasteiger partial charge in [0.05, 0.1) is 11.6 Å². The first-order valence-electron chi connectivity index (χ1n) is 7.63. The van der Waals surface area contributed by atoms with Crippen LogP contribution in [0.4, 0.5) is 11.4 Å². The van der Waals surface area contributed by atoms with E-state index in [1.807, 2.05) is 24.3 Å². The maximum atomic E-state index is 12.3. The highest BCUT2D eigenvalue weighted by atomic mass is 16.6. The molecule has 0 aliphatic carbocycles. The van der Waals surface area contributed by atoms with Gasteiger partial charge in [-0.2, -0.15) is 5.26 Å². The van der Waals surface area contributed by atoms with Gasteiger partial charge in [-0.25, -0.2) is 0 Å². The molecule has 6 heteroatoms. The summed E-state index contributed by atoms with van der Waals surface area (Å²) in [6.45, 7) is 2.84. The maximum absolute atomic E-state index is 12.3. The number of nitrogens with one attached hydrogen (secondary N) is 2. The van der Waals surface area contributed by atoms with E-state index in [1.165, 1.54) is 0 Å². The van der Waals surface area contributed by atoms with E-state index >= 15 is 0 Å². The summed E-state index contributed by atoms with van der Waals surface area (Å²) < 4.78 is 11.0. The molecule has 2 N–H and O–H groups in total. The van der Waals surface area contributed by atoms with E-state index in [4.69, 9.17) is 14.7 Å². The Kier molecular flexibility index (Phi) is 4.52. The molecule has 1 atom stereocenters. The Labute approximate surface area is 140 Å². The molecule has 122 valence electrons. The average Bonchev–Trinajstić information content (AvgIpc) is 2.62. The van der Waals surface area contributed by atoms with Gasteiger partial charge in [0.1, 0.15) is 19.3 Å². The van der Waals surface area contributed by atoms with Gasteiger partial charge in [-0.15, -0.1) is 0 Å². The molecular formula is C18H17N3O3. The van der Waals surface area contributed by atoms with Crippen LogP contribution in [-0.4, -0.2) is 25.2 Å². The van der Waals surface area contributed by atoms with E-state index in [9.17, 15) is 4.79 Å². The molecule has 3 rings (SSSR count). The predicted molar refractivity (Wildman–Crippen MR) is 90.3 cm³/mol. The van der Waals surface area contributed by atoms with Crippen molar-refractivity contribution in [2.24, 2.45) is 0 Å². The minimum Gasteiger partial charge on any atom is -0.486 e. The fraction of sp³-hybridized carbons (Fsp3) is 0.222. The molecule has 1 aliphatic rings. The summed E-state index contributed by atoms with van der Waals surface area (Å²) in [5, 5.41) is 14.7. The molecule has 1 unspecified atom stereocenters. The summed E-state index contributed by atoms with van der Waals surface area (Å²) in [6.07, 6.45) is 0. The summed E-state index contributed by atoms with van der Waals surface area (Å²) >= 11 is 0. The number of nitriles is 1. The van der Waals surface area contributed by atoms with Gasteiger partial charge in [0, 0.05) is 17.4 Å². The summed E-state index contributed by atoms with van der Waals surface area (Å²) in [4.78, 5) is 12.3. The lowest BCUT2D eigenvalue weighted by atomic mass is 10.2. The van der Waals surface area contributed by atoms with E-state index < -0.39 is 6.04 Å². The highest BCUT2D eigenvalue weighted by Crippen LogP contribution is 2.32. The number of ether oxygens (including phenoxy) is 2.